The number of para-hydroxylation sites is 1. The molecular weight excluding hydrogens is 208 g/mol. The average Bonchev–Trinajstić information content (AvgIpc) is 2.73. The summed E-state index contributed by atoms with van der Waals surface area (Å²) in [6.07, 6.45) is 1.08. The minimum absolute atomic E-state index is 0.584. The van der Waals surface area contributed by atoms with Crippen molar-refractivity contribution in [1.82, 2.24) is 4.57 Å². The molecule has 0 amide bonds. The van der Waals surface area contributed by atoms with Gasteiger partial charge in [0.2, 0.25) is 0 Å². The fourth-order valence-electron chi connectivity index (χ4n) is 2.49. The van der Waals surface area contributed by atoms with Gasteiger partial charge < -0.3 is 10.3 Å². The molecule has 1 aromatic carbocycles. The fourth-order valence-corrected chi connectivity index (χ4v) is 2.77. The first-order chi connectivity index (χ1) is 7.29. The number of benzene rings is 1. The van der Waals surface area contributed by atoms with E-state index in [0.29, 0.717) is 5.92 Å². The van der Waals surface area contributed by atoms with Crippen molar-refractivity contribution in [2.24, 2.45) is 11.7 Å². The molecular formula is C12H13ClN2. The maximum atomic E-state index is 6.22. The topological polar surface area (TPSA) is 30.9 Å². The normalized spacial score (nSPS) is 19.7. The van der Waals surface area contributed by atoms with E-state index in [-0.39, 0.29) is 0 Å². The zero-order valence-electron chi connectivity index (χ0n) is 8.41. The standard InChI is InChI=1S/C12H13ClN2/c13-11-3-1-2-9-5-10-4-8(6-14)7-15(10)12(9)11/h1-3,5,8H,4,6-7,14H2. The van der Waals surface area contributed by atoms with Crippen LogP contribution in [0.15, 0.2) is 24.3 Å². The molecule has 2 aromatic rings. The molecule has 78 valence electrons. The summed E-state index contributed by atoms with van der Waals surface area (Å²) < 4.78 is 2.31. The molecule has 1 aliphatic rings. The quantitative estimate of drug-likeness (QED) is 0.786. The second kappa shape index (κ2) is 3.26. The van der Waals surface area contributed by atoms with Crippen LogP contribution in [0.2, 0.25) is 5.02 Å². The van der Waals surface area contributed by atoms with Crippen LogP contribution in [0.25, 0.3) is 10.9 Å². The molecule has 1 aliphatic heterocycles. The number of fused-ring (bicyclic) bond motifs is 3. The third-order valence-electron chi connectivity index (χ3n) is 3.23. The van der Waals surface area contributed by atoms with Crippen LogP contribution in [0.3, 0.4) is 0 Å². The van der Waals surface area contributed by atoms with Gasteiger partial charge in [-0.15, -0.1) is 0 Å². The van der Waals surface area contributed by atoms with E-state index in [1.165, 1.54) is 16.6 Å². The monoisotopic (exact) mass is 220 g/mol. The summed E-state index contributed by atoms with van der Waals surface area (Å²) in [5.41, 5.74) is 8.25. The third-order valence-corrected chi connectivity index (χ3v) is 3.53. The molecule has 1 unspecified atom stereocenters. The summed E-state index contributed by atoms with van der Waals surface area (Å²) in [5, 5.41) is 2.09. The van der Waals surface area contributed by atoms with Gasteiger partial charge in [0.05, 0.1) is 10.5 Å². The van der Waals surface area contributed by atoms with E-state index in [9.17, 15) is 0 Å². The lowest BCUT2D eigenvalue weighted by molar-refractivity contribution is 0.530. The highest BCUT2D eigenvalue weighted by molar-refractivity contribution is 6.35. The van der Waals surface area contributed by atoms with Crippen LogP contribution in [0.1, 0.15) is 5.69 Å². The molecule has 0 spiro atoms. The first-order valence-electron chi connectivity index (χ1n) is 5.26. The maximum Gasteiger partial charge on any atom is 0.0671 e. The first-order valence-corrected chi connectivity index (χ1v) is 5.64. The number of halogens is 1. The van der Waals surface area contributed by atoms with E-state index in [0.717, 1.165) is 24.5 Å². The molecule has 0 bridgehead atoms. The van der Waals surface area contributed by atoms with Crippen LogP contribution in [-0.2, 0) is 13.0 Å². The van der Waals surface area contributed by atoms with Crippen LogP contribution >= 0.6 is 11.6 Å². The molecule has 2 N–H and O–H groups in total. The van der Waals surface area contributed by atoms with Gasteiger partial charge >= 0.3 is 0 Å². The lowest BCUT2D eigenvalue weighted by atomic mass is 10.1. The van der Waals surface area contributed by atoms with Gasteiger partial charge in [0.1, 0.15) is 0 Å². The van der Waals surface area contributed by atoms with E-state index < -0.39 is 0 Å². The highest BCUT2D eigenvalue weighted by Crippen LogP contribution is 2.32. The smallest absolute Gasteiger partial charge is 0.0671 e. The molecule has 1 aromatic heterocycles. The first kappa shape index (κ1) is 9.25. The second-order valence-corrected chi connectivity index (χ2v) is 4.64. The van der Waals surface area contributed by atoms with Crippen molar-refractivity contribution in [2.45, 2.75) is 13.0 Å². The fraction of sp³-hybridized carbons (Fsp3) is 0.333. The second-order valence-electron chi connectivity index (χ2n) is 4.23. The van der Waals surface area contributed by atoms with Gasteiger partial charge in [-0.25, -0.2) is 0 Å². The van der Waals surface area contributed by atoms with E-state index >= 15 is 0 Å². The molecule has 1 atom stereocenters. The van der Waals surface area contributed by atoms with Crippen molar-refractivity contribution >= 4 is 22.5 Å². The number of nitrogens with two attached hydrogens (primary N) is 1. The Hall–Kier alpha value is -0.990. The number of hydrogen-bond donors (Lipinski definition) is 1. The Balaban J connectivity index is 2.21. The number of rotatable bonds is 1. The lowest BCUT2D eigenvalue weighted by Gasteiger charge is -2.06. The summed E-state index contributed by atoms with van der Waals surface area (Å²) in [7, 11) is 0. The highest BCUT2D eigenvalue weighted by atomic mass is 35.5. The Labute approximate surface area is 93.6 Å². The summed E-state index contributed by atoms with van der Waals surface area (Å²) in [4.78, 5) is 0. The van der Waals surface area contributed by atoms with Crippen molar-refractivity contribution in [3.8, 4) is 0 Å². The number of aromatic nitrogens is 1. The number of nitrogens with zero attached hydrogens (tertiary/aromatic N) is 1. The molecule has 0 aliphatic carbocycles. The zero-order chi connectivity index (χ0) is 10.4. The van der Waals surface area contributed by atoms with Gasteiger partial charge in [0.15, 0.2) is 0 Å². The van der Waals surface area contributed by atoms with Crippen molar-refractivity contribution in [3.05, 3.63) is 35.0 Å². The van der Waals surface area contributed by atoms with E-state index in [1.54, 1.807) is 0 Å². The number of hydrogen-bond acceptors (Lipinski definition) is 1. The molecule has 15 heavy (non-hydrogen) atoms. The van der Waals surface area contributed by atoms with Crippen LogP contribution in [-0.4, -0.2) is 11.1 Å². The van der Waals surface area contributed by atoms with Crippen LogP contribution in [0.5, 0.6) is 0 Å². The minimum Gasteiger partial charge on any atom is -0.343 e. The van der Waals surface area contributed by atoms with Crippen LogP contribution in [0, 0.1) is 5.92 Å². The average molecular weight is 221 g/mol. The Morgan fingerprint density at radius 3 is 3.13 bits per heavy atom. The van der Waals surface area contributed by atoms with Crippen LogP contribution in [0.4, 0.5) is 0 Å². The minimum atomic E-state index is 0.584. The van der Waals surface area contributed by atoms with Gasteiger partial charge in [-0.05, 0) is 31.0 Å². The Morgan fingerprint density at radius 2 is 2.33 bits per heavy atom. The lowest BCUT2D eigenvalue weighted by Crippen LogP contribution is -2.15. The van der Waals surface area contributed by atoms with Crippen molar-refractivity contribution in [1.29, 1.82) is 0 Å². The molecule has 2 nitrogen and oxygen atoms in total. The zero-order valence-corrected chi connectivity index (χ0v) is 9.17. The molecule has 3 heteroatoms. The van der Waals surface area contributed by atoms with E-state index in [4.69, 9.17) is 17.3 Å². The Morgan fingerprint density at radius 1 is 1.47 bits per heavy atom. The molecule has 0 radical (unpaired) electrons. The van der Waals surface area contributed by atoms with Crippen molar-refractivity contribution in [3.63, 3.8) is 0 Å². The molecule has 3 rings (SSSR count). The van der Waals surface area contributed by atoms with Gasteiger partial charge in [-0.2, -0.15) is 0 Å². The van der Waals surface area contributed by atoms with Gasteiger partial charge in [0, 0.05) is 17.6 Å². The summed E-state index contributed by atoms with van der Waals surface area (Å²) in [5.74, 6) is 0.584. The molecule has 0 fully saturated rings. The largest absolute Gasteiger partial charge is 0.343 e. The predicted octanol–water partition coefficient (Wildman–Crippen LogP) is 2.43. The third kappa shape index (κ3) is 1.29. The predicted molar refractivity (Wildman–Crippen MR) is 63.2 cm³/mol. The Bertz CT molecular complexity index is 516. The summed E-state index contributed by atoms with van der Waals surface area (Å²) >= 11 is 6.22. The maximum absolute atomic E-state index is 6.22. The van der Waals surface area contributed by atoms with Gasteiger partial charge in [-0.3, -0.25) is 0 Å². The van der Waals surface area contributed by atoms with Crippen molar-refractivity contribution in [2.75, 3.05) is 6.54 Å². The molecule has 0 saturated heterocycles. The van der Waals surface area contributed by atoms with Gasteiger partial charge in [0.25, 0.3) is 0 Å². The van der Waals surface area contributed by atoms with E-state index in [2.05, 4.69) is 16.7 Å². The van der Waals surface area contributed by atoms with Crippen molar-refractivity contribution < 1.29 is 0 Å². The summed E-state index contributed by atoms with van der Waals surface area (Å²) in [6.45, 7) is 1.77. The van der Waals surface area contributed by atoms with Gasteiger partial charge in [-0.1, -0.05) is 23.7 Å². The SMILES string of the molecule is NCC1Cc2cc3cccc(Cl)c3n2C1. The molecule has 2 heterocycles. The van der Waals surface area contributed by atoms with E-state index in [1.807, 2.05) is 12.1 Å². The molecule has 0 saturated carbocycles. The summed E-state index contributed by atoms with van der Waals surface area (Å²) in [6, 6.07) is 8.30. The van der Waals surface area contributed by atoms with Crippen LogP contribution < -0.4 is 5.73 Å². The highest BCUT2D eigenvalue weighted by Gasteiger charge is 2.23. The Kier molecular flexibility index (Phi) is 2.01.